The summed E-state index contributed by atoms with van der Waals surface area (Å²) in [5.74, 6) is 0.769. The van der Waals surface area contributed by atoms with Crippen molar-refractivity contribution in [2.45, 2.75) is 45.6 Å². The first-order chi connectivity index (χ1) is 14.1. The van der Waals surface area contributed by atoms with Crippen molar-refractivity contribution >= 4 is 23.1 Å². The Labute approximate surface area is 178 Å². The fourth-order valence-electron chi connectivity index (χ4n) is 3.53. The number of hydrogen-bond acceptors (Lipinski definition) is 3. The lowest BCUT2D eigenvalue weighted by Gasteiger charge is -2.31. The summed E-state index contributed by atoms with van der Waals surface area (Å²) in [5.41, 5.74) is 3.00. The SMILES string of the molecule is CCCCCCOc1ccccc1C1NC(=S)NC(C)=C1C(=O)c1ccccc1. The summed E-state index contributed by atoms with van der Waals surface area (Å²) < 4.78 is 6.10. The van der Waals surface area contributed by atoms with Crippen molar-refractivity contribution < 1.29 is 9.53 Å². The van der Waals surface area contributed by atoms with Crippen LogP contribution in [0.2, 0.25) is 0 Å². The lowest BCUT2D eigenvalue weighted by Crippen LogP contribution is -2.45. The molecule has 1 aliphatic rings. The van der Waals surface area contributed by atoms with E-state index in [4.69, 9.17) is 17.0 Å². The maximum Gasteiger partial charge on any atom is 0.193 e. The standard InChI is InChI=1S/C24H28N2O2S/c1-3-4-5-11-16-28-20-15-10-9-14-19(20)22-21(17(2)25-24(29)26-22)23(27)18-12-7-6-8-13-18/h6-10,12-15,22H,3-5,11,16H2,1-2H3,(H2,25,26,29). The minimum atomic E-state index is -0.358. The van der Waals surface area contributed by atoms with Crippen LogP contribution in [0.4, 0.5) is 0 Å². The number of nitrogens with one attached hydrogen (secondary N) is 2. The number of hydrogen-bond donors (Lipinski definition) is 2. The van der Waals surface area contributed by atoms with Crippen LogP contribution in [0.5, 0.6) is 5.75 Å². The van der Waals surface area contributed by atoms with Gasteiger partial charge in [-0.1, -0.05) is 74.7 Å². The van der Waals surface area contributed by atoms with Gasteiger partial charge in [0, 0.05) is 22.4 Å². The topological polar surface area (TPSA) is 50.4 Å². The molecular weight excluding hydrogens is 380 g/mol. The molecule has 1 unspecified atom stereocenters. The Morgan fingerprint density at radius 2 is 1.76 bits per heavy atom. The van der Waals surface area contributed by atoms with Crippen molar-refractivity contribution in [3.63, 3.8) is 0 Å². The Morgan fingerprint density at radius 1 is 1.03 bits per heavy atom. The molecule has 0 fully saturated rings. The van der Waals surface area contributed by atoms with Crippen molar-refractivity contribution in [1.29, 1.82) is 0 Å². The van der Waals surface area contributed by atoms with Crippen LogP contribution < -0.4 is 15.4 Å². The third kappa shape index (κ3) is 5.24. The van der Waals surface area contributed by atoms with E-state index in [0.29, 0.717) is 22.9 Å². The first kappa shape index (κ1) is 21.1. The Kier molecular flexibility index (Phi) is 7.42. The van der Waals surface area contributed by atoms with E-state index in [2.05, 4.69) is 17.6 Å². The van der Waals surface area contributed by atoms with Crippen LogP contribution in [0.1, 0.15) is 61.5 Å². The van der Waals surface area contributed by atoms with Crippen LogP contribution in [0.25, 0.3) is 0 Å². The molecule has 3 rings (SSSR count). The minimum Gasteiger partial charge on any atom is -0.493 e. The molecule has 5 heteroatoms. The molecule has 1 aliphatic heterocycles. The monoisotopic (exact) mass is 408 g/mol. The Hall–Kier alpha value is -2.66. The van der Waals surface area contributed by atoms with Gasteiger partial charge in [0.2, 0.25) is 0 Å². The summed E-state index contributed by atoms with van der Waals surface area (Å²) in [6.45, 7) is 4.75. The summed E-state index contributed by atoms with van der Waals surface area (Å²) in [7, 11) is 0. The van der Waals surface area contributed by atoms with Gasteiger partial charge in [-0.25, -0.2) is 0 Å². The molecule has 2 aromatic carbocycles. The highest BCUT2D eigenvalue weighted by atomic mass is 32.1. The van der Waals surface area contributed by atoms with Gasteiger partial charge in [0.15, 0.2) is 10.9 Å². The Balaban J connectivity index is 1.90. The predicted octanol–water partition coefficient (Wildman–Crippen LogP) is 5.32. The molecule has 0 saturated heterocycles. The molecule has 0 aliphatic carbocycles. The van der Waals surface area contributed by atoms with Gasteiger partial charge in [0.25, 0.3) is 0 Å². The molecule has 2 N–H and O–H groups in total. The highest BCUT2D eigenvalue weighted by Gasteiger charge is 2.32. The molecule has 0 radical (unpaired) electrons. The van der Waals surface area contributed by atoms with E-state index >= 15 is 0 Å². The molecule has 0 aromatic heterocycles. The van der Waals surface area contributed by atoms with Crippen LogP contribution in [-0.2, 0) is 0 Å². The lowest BCUT2D eigenvalue weighted by atomic mass is 9.89. The number of unbranched alkanes of at least 4 members (excludes halogenated alkanes) is 3. The summed E-state index contributed by atoms with van der Waals surface area (Å²) in [5, 5.41) is 6.89. The number of ketones is 1. The highest BCUT2D eigenvalue weighted by molar-refractivity contribution is 7.80. The summed E-state index contributed by atoms with van der Waals surface area (Å²) >= 11 is 5.39. The summed E-state index contributed by atoms with van der Waals surface area (Å²) in [4.78, 5) is 13.3. The van der Waals surface area contributed by atoms with Crippen molar-refractivity contribution in [1.82, 2.24) is 10.6 Å². The molecule has 29 heavy (non-hydrogen) atoms. The summed E-state index contributed by atoms with van der Waals surface area (Å²) in [6.07, 6.45) is 4.59. The zero-order chi connectivity index (χ0) is 20.6. The lowest BCUT2D eigenvalue weighted by molar-refractivity contribution is 0.102. The maximum absolute atomic E-state index is 13.3. The molecule has 0 bridgehead atoms. The van der Waals surface area contributed by atoms with Crippen molar-refractivity contribution in [3.05, 3.63) is 77.0 Å². The van der Waals surface area contributed by atoms with Crippen molar-refractivity contribution in [2.75, 3.05) is 6.61 Å². The van der Waals surface area contributed by atoms with E-state index in [1.54, 1.807) is 0 Å². The first-order valence-electron chi connectivity index (χ1n) is 10.2. The normalized spacial score (nSPS) is 16.2. The quantitative estimate of drug-likeness (QED) is 0.334. The average Bonchev–Trinajstić information content (AvgIpc) is 2.73. The first-order valence-corrected chi connectivity index (χ1v) is 10.6. The molecule has 1 heterocycles. The van der Waals surface area contributed by atoms with Gasteiger partial charge in [-0.05, 0) is 31.6 Å². The second-order valence-electron chi connectivity index (χ2n) is 7.21. The second kappa shape index (κ2) is 10.2. The average molecular weight is 409 g/mol. The molecule has 152 valence electrons. The second-order valence-corrected chi connectivity index (χ2v) is 7.62. The smallest absolute Gasteiger partial charge is 0.193 e. The largest absolute Gasteiger partial charge is 0.493 e. The molecule has 0 spiro atoms. The number of carbonyl (C=O) groups excluding carboxylic acids is 1. The fourth-order valence-corrected chi connectivity index (χ4v) is 3.81. The van der Waals surface area contributed by atoms with E-state index in [-0.39, 0.29) is 11.8 Å². The predicted molar refractivity (Wildman–Crippen MR) is 121 cm³/mol. The van der Waals surface area contributed by atoms with E-state index in [9.17, 15) is 4.79 Å². The van der Waals surface area contributed by atoms with Crippen molar-refractivity contribution in [3.8, 4) is 5.75 Å². The van der Waals surface area contributed by atoms with E-state index < -0.39 is 0 Å². The van der Waals surface area contributed by atoms with Gasteiger partial charge in [-0.3, -0.25) is 4.79 Å². The van der Waals surface area contributed by atoms with Crippen molar-refractivity contribution in [2.24, 2.45) is 0 Å². The maximum atomic E-state index is 13.3. The Morgan fingerprint density at radius 3 is 2.52 bits per heavy atom. The Bertz CT molecular complexity index is 893. The molecule has 0 saturated carbocycles. The van der Waals surface area contributed by atoms with Gasteiger partial charge < -0.3 is 15.4 Å². The number of rotatable bonds is 9. The van der Waals surface area contributed by atoms with Gasteiger partial charge in [0.05, 0.1) is 12.6 Å². The third-order valence-electron chi connectivity index (χ3n) is 5.04. The minimum absolute atomic E-state index is 0.0200. The number of para-hydroxylation sites is 1. The van der Waals surface area contributed by atoms with Crippen LogP contribution in [0.3, 0.4) is 0 Å². The van der Waals surface area contributed by atoms with Crippen LogP contribution in [0, 0.1) is 0 Å². The van der Waals surface area contributed by atoms with Gasteiger partial charge in [0.1, 0.15) is 5.75 Å². The molecule has 1 atom stereocenters. The van der Waals surface area contributed by atoms with Crippen LogP contribution >= 0.6 is 12.2 Å². The molecule has 2 aromatic rings. The molecule has 0 amide bonds. The number of thiocarbonyl (C=S) groups is 1. The van der Waals surface area contributed by atoms with Gasteiger partial charge in [-0.2, -0.15) is 0 Å². The number of allylic oxidation sites excluding steroid dienone is 1. The number of Topliss-reactive ketones (excluding diaryl/α,β-unsaturated/α-hetero) is 1. The third-order valence-corrected chi connectivity index (χ3v) is 5.26. The van der Waals surface area contributed by atoms with Gasteiger partial charge in [-0.15, -0.1) is 0 Å². The molecular formula is C24H28N2O2S. The zero-order valence-corrected chi connectivity index (χ0v) is 17.9. The van der Waals surface area contributed by atoms with Crippen LogP contribution in [0.15, 0.2) is 65.9 Å². The fraction of sp³-hybridized carbons (Fsp3) is 0.333. The van der Waals surface area contributed by atoms with E-state index in [0.717, 1.165) is 29.9 Å². The van der Waals surface area contributed by atoms with Crippen LogP contribution in [-0.4, -0.2) is 17.5 Å². The van der Waals surface area contributed by atoms with Gasteiger partial charge >= 0.3 is 0 Å². The zero-order valence-electron chi connectivity index (χ0n) is 17.0. The number of benzene rings is 2. The summed E-state index contributed by atoms with van der Waals surface area (Å²) in [6, 6.07) is 16.9. The highest BCUT2D eigenvalue weighted by Crippen LogP contribution is 2.34. The van der Waals surface area contributed by atoms with E-state index in [1.165, 1.54) is 12.8 Å². The number of carbonyl (C=O) groups is 1. The molecule has 4 nitrogen and oxygen atoms in total. The number of ether oxygens (including phenoxy) is 1. The van der Waals surface area contributed by atoms with E-state index in [1.807, 2.05) is 61.5 Å².